The third-order valence-corrected chi connectivity index (χ3v) is 16.8. The molecule has 0 aliphatic heterocycles. The number of hydrogen-bond donors (Lipinski definition) is 0. The van der Waals surface area contributed by atoms with E-state index in [9.17, 15) is 0 Å². The van der Waals surface area contributed by atoms with Gasteiger partial charge in [-0.3, -0.25) is 0 Å². The molecule has 0 bridgehead atoms. The zero-order valence-electron chi connectivity index (χ0n) is 39.9. The second-order valence-corrected chi connectivity index (χ2v) is 20.3. The SMILES string of the molecule is c1ccc(-n2c3ccccc3c3cc(-c4cccc5c6cccc7c8c9ccc%10c(c9ccc8n(c45)c67)c4cccc5c6cccc(-c7ccc8c(c7)c7ccccc7n8-c7ccccc7)c6n%10c54)ccc32)cc1. The molecule has 4 nitrogen and oxygen atoms in total. The van der Waals surface area contributed by atoms with Crippen molar-refractivity contribution >= 4 is 131 Å². The van der Waals surface area contributed by atoms with Crippen LogP contribution in [0.3, 0.4) is 0 Å². The summed E-state index contributed by atoms with van der Waals surface area (Å²) in [7, 11) is 0. The third-order valence-electron chi connectivity index (χ3n) is 16.8. The molecule has 0 radical (unpaired) electrons. The summed E-state index contributed by atoms with van der Waals surface area (Å²) in [5.74, 6) is 0. The maximum Gasteiger partial charge on any atom is 0.0620 e. The lowest BCUT2D eigenvalue weighted by Crippen LogP contribution is -1.93. The Morgan fingerprint density at radius 2 is 0.554 bits per heavy atom. The number of aromatic nitrogens is 4. The molecule has 4 heteroatoms. The van der Waals surface area contributed by atoms with Gasteiger partial charge in [0, 0.05) is 87.1 Å². The molecular weight excluding hydrogens is 897 g/mol. The van der Waals surface area contributed by atoms with Gasteiger partial charge in [-0.2, -0.15) is 0 Å². The molecule has 340 valence electrons. The van der Waals surface area contributed by atoms with E-state index in [1.807, 2.05) is 0 Å². The average molecular weight is 937 g/mol. The minimum Gasteiger partial charge on any atom is -0.309 e. The Labute approximate surface area is 422 Å². The van der Waals surface area contributed by atoms with Crippen molar-refractivity contribution in [2.45, 2.75) is 0 Å². The molecule has 0 spiro atoms. The normalized spacial score (nSPS) is 12.6. The highest BCUT2D eigenvalue weighted by atomic mass is 15.0. The molecule has 18 aromatic rings. The van der Waals surface area contributed by atoms with Crippen LogP contribution < -0.4 is 0 Å². The summed E-state index contributed by atoms with van der Waals surface area (Å²) in [5.41, 5.74) is 19.6. The van der Waals surface area contributed by atoms with Crippen LogP contribution in [0.5, 0.6) is 0 Å². The third kappa shape index (κ3) is 4.79. The molecule has 6 heterocycles. The molecule has 0 fully saturated rings. The van der Waals surface area contributed by atoms with Crippen LogP contribution in [0.2, 0.25) is 0 Å². The number of fused-ring (bicyclic) bond motifs is 21. The summed E-state index contributed by atoms with van der Waals surface area (Å²) < 4.78 is 9.95. The maximum absolute atomic E-state index is 2.58. The monoisotopic (exact) mass is 936 g/mol. The van der Waals surface area contributed by atoms with Gasteiger partial charge in [0.05, 0.1) is 55.2 Å². The van der Waals surface area contributed by atoms with Gasteiger partial charge in [-0.15, -0.1) is 0 Å². The maximum atomic E-state index is 2.58. The second-order valence-electron chi connectivity index (χ2n) is 20.3. The van der Waals surface area contributed by atoms with E-state index < -0.39 is 0 Å². The number of benzene rings is 12. The highest BCUT2D eigenvalue weighted by molar-refractivity contribution is 6.35. The molecule has 18 rings (SSSR count). The average Bonchev–Trinajstić information content (AvgIpc) is 4.40. The Bertz CT molecular complexity index is 5080. The molecule has 0 unspecified atom stereocenters. The largest absolute Gasteiger partial charge is 0.309 e. The van der Waals surface area contributed by atoms with Crippen molar-refractivity contribution in [3.8, 4) is 33.6 Å². The molecule has 0 aliphatic rings. The van der Waals surface area contributed by atoms with Crippen LogP contribution in [0.4, 0.5) is 0 Å². The number of nitrogens with zero attached hydrogens (tertiary/aromatic N) is 4. The van der Waals surface area contributed by atoms with Crippen LogP contribution in [0.1, 0.15) is 0 Å². The van der Waals surface area contributed by atoms with Gasteiger partial charge in [-0.25, -0.2) is 0 Å². The number of para-hydroxylation sites is 8. The Morgan fingerprint density at radius 1 is 0.203 bits per heavy atom. The molecule has 0 saturated heterocycles. The van der Waals surface area contributed by atoms with Crippen molar-refractivity contribution in [3.63, 3.8) is 0 Å². The van der Waals surface area contributed by atoms with Gasteiger partial charge in [-0.05, 0) is 94.7 Å². The van der Waals surface area contributed by atoms with Crippen molar-refractivity contribution in [2.24, 2.45) is 0 Å². The van der Waals surface area contributed by atoms with Gasteiger partial charge < -0.3 is 17.9 Å². The van der Waals surface area contributed by atoms with E-state index in [1.165, 1.54) is 164 Å². The van der Waals surface area contributed by atoms with Crippen LogP contribution in [0.15, 0.2) is 243 Å². The summed E-state index contributed by atoms with van der Waals surface area (Å²) in [6.07, 6.45) is 0. The van der Waals surface area contributed by atoms with Crippen LogP contribution in [0.25, 0.3) is 164 Å². The minimum atomic E-state index is 1.17. The molecule has 0 aliphatic carbocycles. The molecular formula is C70H40N4. The van der Waals surface area contributed by atoms with Crippen molar-refractivity contribution in [1.29, 1.82) is 0 Å². The summed E-state index contributed by atoms with van der Waals surface area (Å²) >= 11 is 0. The first-order valence-corrected chi connectivity index (χ1v) is 25.7. The van der Waals surface area contributed by atoms with Gasteiger partial charge in [0.2, 0.25) is 0 Å². The Hall–Kier alpha value is -9.90. The quantitative estimate of drug-likeness (QED) is 0.167. The fourth-order valence-corrected chi connectivity index (χ4v) is 13.9. The van der Waals surface area contributed by atoms with E-state index in [4.69, 9.17) is 0 Å². The van der Waals surface area contributed by atoms with E-state index >= 15 is 0 Å². The summed E-state index contributed by atoms with van der Waals surface area (Å²) in [4.78, 5) is 0. The summed E-state index contributed by atoms with van der Waals surface area (Å²) in [6, 6.07) is 90.5. The van der Waals surface area contributed by atoms with Crippen molar-refractivity contribution in [2.75, 3.05) is 0 Å². The minimum absolute atomic E-state index is 1.17. The zero-order valence-corrected chi connectivity index (χ0v) is 39.9. The molecule has 74 heavy (non-hydrogen) atoms. The van der Waals surface area contributed by atoms with Gasteiger partial charge in [0.25, 0.3) is 0 Å². The first-order valence-electron chi connectivity index (χ1n) is 25.7. The fraction of sp³-hybridized carbons (Fsp3) is 0. The lowest BCUT2D eigenvalue weighted by atomic mass is 9.96. The smallest absolute Gasteiger partial charge is 0.0620 e. The fourth-order valence-electron chi connectivity index (χ4n) is 13.9. The summed E-state index contributed by atoms with van der Waals surface area (Å²) in [6.45, 7) is 0. The Kier molecular flexibility index (Phi) is 7.31. The van der Waals surface area contributed by atoms with Gasteiger partial charge in [0.1, 0.15) is 0 Å². The number of rotatable bonds is 4. The lowest BCUT2D eigenvalue weighted by molar-refractivity contribution is 1.18. The first kappa shape index (κ1) is 38.8. The van der Waals surface area contributed by atoms with Crippen LogP contribution in [-0.2, 0) is 0 Å². The van der Waals surface area contributed by atoms with Crippen molar-refractivity contribution < 1.29 is 0 Å². The Morgan fingerprint density at radius 3 is 1.01 bits per heavy atom. The highest BCUT2D eigenvalue weighted by Gasteiger charge is 2.26. The lowest BCUT2D eigenvalue weighted by Gasteiger charge is -2.10. The molecule has 12 aromatic carbocycles. The molecule has 0 saturated carbocycles. The first-order chi connectivity index (χ1) is 36.8. The molecule has 6 aromatic heterocycles. The van der Waals surface area contributed by atoms with Crippen molar-refractivity contribution in [1.82, 2.24) is 17.9 Å². The highest BCUT2D eigenvalue weighted by Crippen LogP contribution is 2.49. The second kappa shape index (κ2) is 13.9. The van der Waals surface area contributed by atoms with E-state index in [2.05, 4.69) is 261 Å². The van der Waals surface area contributed by atoms with Crippen molar-refractivity contribution in [3.05, 3.63) is 243 Å². The van der Waals surface area contributed by atoms with E-state index in [0.717, 1.165) is 0 Å². The van der Waals surface area contributed by atoms with E-state index in [1.54, 1.807) is 0 Å². The molecule has 0 N–H and O–H groups in total. The van der Waals surface area contributed by atoms with Gasteiger partial charge in [-0.1, -0.05) is 170 Å². The zero-order chi connectivity index (χ0) is 47.9. The standard InChI is InChI=1S/C70H40N4/c1-3-15-43(16-4-1)71-59-29-9-7-19-47(59)57-39-41(31-35-61(57)71)45-21-11-23-51-53-25-13-27-55-65-49-34-38-64-66(50(49)33-37-63(65)73(67(45)51)69(53)55)56-28-14-26-54-52-24-12-22-46(68(52)74(64)70(54)56)42-32-36-62-58(40-42)48-20-8-10-30-60(48)72(62)44-17-5-2-6-18-44/h1-40H. The molecule has 0 amide bonds. The van der Waals surface area contributed by atoms with Gasteiger partial charge >= 0.3 is 0 Å². The topological polar surface area (TPSA) is 18.7 Å². The summed E-state index contributed by atoms with van der Waals surface area (Å²) in [5, 5.41) is 17.9. The van der Waals surface area contributed by atoms with Gasteiger partial charge in [0.15, 0.2) is 0 Å². The van der Waals surface area contributed by atoms with Crippen LogP contribution in [0, 0.1) is 0 Å². The van der Waals surface area contributed by atoms with E-state index in [0.29, 0.717) is 0 Å². The van der Waals surface area contributed by atoms with Crippen LogP contribution >= 0.6 is 0 Å². The Balaban J connectivity index is 0.873. The predicted octanol–water partition coefficient (Wildman–Crippen LogP) is 18.7. The van der Waals surface area contributed by atoms with Crippen LogP contribution in [-0.4, -0.2) is 17.9 Å². The predicted molar refractivity (Wildman–Crippen MR) is 313 cm³/mol. The van der Waals surface area contributed by atoms with E-state index in [-0.39, 0.29) is 0 Å². The molecule has 0 atom stereocenters. The number of hydrogen-bond acceptors (Lipinski definition) is 0.